The van der Waals surface area contributed by atoms with E-state index in [1.807, 2.05) is 5.10 Å². The van der Waals surface area contributed by atoms with Crippen LogP contribution in [0.5, 0.6) is 0 Å². The quantitative estimate of drug-likeness (QED) is 0.736. The molecule has 0 aliphatic carbocycles. The van der Waals surface area contributed by atoms with E-state index in [2.05, 4.69) is 10.2 Å². The highest BCUT2D eigenvalue weighted by atomic mass is 19.4. The molecule has 12 heteroatoms. The summed E-state index contributed by atoms with van der Waals surface area (Å²) < 4.78 is 39.7. The fourth-order valence-corrected chi connectivity index (χ4v) is 4.62. The summed E-state index contributed by atoms with van der Waals surface area (Å²) in [5.74, 6) is -0.423. The lowest BCUT2D eigenvalue weighted by molar-refractivity contribution is -0.141. The van der Waals surface area contributed by atoms with Crippen molar-refractivity contribution in [3.05, 3.63) is 39.6 Å². The molecule has 0 bridgehead atoms. The molecule has 2 aromatic rings. The zero-order valence-corrected chi connectivity index (χ0v) is 17.6. The second-order valence-corrected chi connectivity index (χ2v) is 8.37. The molecule has 0 spiro atoms. The van der Waals surface area contributed by atoms with Crippen LogP contribution in [0.1, 0.15) is 52.9 Å². The molecule has 0 aromatic carbocycles. The van der Waals surface area contributed by atoms with Gasteiger partial charge in [0.1, 0.15) is 11.4 Å². The number of carbonyl (C=O) groups excluding carboxylic acids is 2. The molecule has 4 rings (SSSR count). The Labute approximate surface area is 181 Å². The number of halogens is 3. The molecule has 0 saturated carbocycles. The molecule has 32 heavy (non-hydrogen) atoms. The molecular weight excluding hydrogens is 429 g/mol. The minimum absolute atomic E-state index is 0.144. The molecule has 2 amide bonds. The summed E-state index contributed by atoms with van der Waals surface area (Å²) in [5.41, 5.74) is -1.28. The number of nitrogens with zero attached hydrogens (tertiary/aromatic N) is 4. The molecule has 2 aliphatic heterocycles. The van der Waals surface area contributed by atoms with E-state index < -0.39 is 17.8 Å². The highest BCUT2D eigenvalue weighted by Gasteiger charge is 2.38. The molecule has 2 fully saturated rings. The molecule has 4 heterocycles. The van der Waals surface area contributed by atoms with Crippen LogP contribution in [0.25, 0.3) is 0 Å². The largest absolute Gasteiger partial charge is 0.432 e. The third kappa shape index (κ3) is 4.30. The van der Waals surface area contributed by atoms with Gasteiger partial charge in [0.05, 0.1) is 0 Å². The number of H-pyrrole nitrogens is 2. The zero-order chi connectivity index (χ0) is 23.0. The molecular formula is C20H25F3N6O3. The van der Waals surface area contributed by atoms with Crippen LogP contribution in [0.15, 0.2) is 16.9 Å². The first-order valence-electron chi connectivity index (χ1n) is 10.7. The van der Waals surface area contributed by atoms with Crippen molar-refractivity contribution < 1.29 is 22.8 Å². The van der Waals surface area contributed by atoms with Gasteiger partial charge in [0, 0.05) is 44.9 Å². The number of hydrogen-bond acceptors (Lipinski definition) is 4. The summed E-state index contributed by atoms with van der Waals surface area (Å²) in [7, 11) is 0. The Balaban J connectivity index is 1.38. The Hall–Kier alpha value is -3.05. The number of nitrogens with one attached hydrogen (secondary N) is 2. The third-order valence-corrected chi connectivity index (χ3v) is 6.36. The van der Waals surface area contributed by atoms with Gasteiger partial charge < -0.3 is 9.80 Å². The van der Waals surface area contributed by atoms with Gasteiger partial charge in [-0.2, -0.15) is 18.3 Å². The van der Waals surface area contributed by atoms with E-state index in [1.54, 1.807) is 16.7 Å². The van der Waals surface area contributed by atoms with Gasteiger partial charge in [0.15, 0.2) is 5.69 Å². The second-order valence-electron chi connectivity index (χ2n) is 8.37. The minimum Gasteiger partial charge on any atom is -0.337 e. The third-order valence-electron chi connectivity index (χ3n) is 6.36. The number of alkyl halides is 3. The number of carbonyl (C=O) groups is 2. The van der Waals surface area contributed by atoms with Crippen molar-refractivity contribution in [3.63, 3.8) is 0 Å². The van der Waals surface area contributed by atoms with Gasteiger partial charge in [-0.3, -0.25) is 29.3 Å². The van der Waals surface area contributed by atoms with E-state index in [1.165, 1.54) is 10.7 Å². The van der Waals surface area contributed by atoms with Gasteiger partial charge in [-0.25, -0.2) is 0 Å². The zero-order valence-electron chi connectivity index (χ0n) is 17.6. The van der Waals surface area contributed by atoms with E-state index in [4.69, 9.17) is 0 Å². The first-order chi connectivity index (χ1) is 15.2. The van der Waals surface area contributed by atoms with Gasteiger partial charge in [0.25, 0.3) is 17.4 Å². The topological polar surface area (TPSA) is 107 Å². The molecule has 174 valence electrons. The van der Waals surface area contributed by atoms with E-state index in [0.29, 0.717) is 32.7 Å². The van der Waals surface area contributed by atoms with Crippen LogP contribution in [0.3, 0.4) is 0 Å². The maximum absolute atomic E-state index is 12.8. The lowest BCUT2D eigenvalue weighted by Crippen LogP contribution is -2.43. The standard InChI is InChI=1S/C20H25F3N6O3/c1-2-29-17(30)9-15(26-29)19(32)28-7-5-13(11-28)12-4-3-6-27(10-12)18(31)14-8-16(25-24-14)20(21,22)23/h8-9,12-13,26H,2-7,10-11H2,1H3,(H,24,25). The summed E-state index contributed by atoms with van der Waals surface area (Å²) >= 11 is 0. The van der Waals surface area contributed by atoms with E-state index in [9.17, 15) is 27.6 Å². The van der Waals surface area contributed by atoms with Crippen molar-refractivity contribution in [1.82, 2.24) is 29.8 Å². The van der Waals surface area contributed by atoms with Crippen LogP contribution in [0, 0.1) is 11.8 Å². The molecule has 2 saturated heterocycles. The highest BCUT2D eigenvalue weighted by Crippen LogP contribution is 2.32. The number of likely N-dealkylation sites (tertiary alicyclic amines) is 2. The first kappa shape index (κ1) is 22.2. The Morgan fingerprint density at radius 2 is 1.78 bits per heavy atom. The molecule has 2 N–H and O–H groups in total. The Morgan fingerprint density at radius 1 is 1.09 bits per heavy atom. The summed E-state index contributed by atoms with van der Waals surface area (Å²) in [6.45, 7) is 4.21. The van der Waals surface area contributed by atoms with Gasteiger partial charge in [0.2, 0.25) is 0 Å². The average Bonchev–Trinajstić information content (AvgIpc) is 3.51. The molecule has 9 nitrogen and oxygen atoms in total. The number of aromatic amines is 2. The Bertz CT molecular complexity index is 1060. The maximum atomic E-state index is 12.8. The molecule has 2 atom stereocenters. The average molecular weight is 454 g/mol. The predicted octanol–water partition coefficient (Wildman–Crippen LogP) is 1.95. The summed E-state index contributed by atoms with van der Waals surface area (Å²) in [6, 6.07) is 2.05. The molecule has 0 radical (unpaired) electrons. The van der Waals surface area contributed by atoms with Gasteiger partial charge in [-0.05, 0) is 38.0 Å². The lowest BCUT2D eigenvalue weighted by atomic mass is 9.85. The van der Waals surface area contributed by atoms with Gasteiger partial charge >= 0.3 is 6.18 Å². The smallest absolute Gasteiger partial charge is 0.337 e. The fraction of sp³-hybridized carbons (Fsp3) is 0.600. The number of hydrogen-bond donors (Lipinski definition) is 2. The van der Waals surface area contributed by atoms with Crippen LogP contribution >= 0.6 is 0 Å². The van der Waals surface area contributed by atoms with Crippen molar-refractivity contribution >= 4 is 11.8 Å². The molecule has 2 unspecified atom stereocenters. The van der Waals surface area contributed by atoms with Crippen LogP contribution in [0.2, 0.25) is 0 Å². The van der Waals surface area contributed by atoms with Crippen molar-refractivity contribution in [2.24, 2.45) is 11.8 Å². The molecule has 2 aromatic heterocycles. The number of aromatic nitrogens is 4. The van der Waals surface area contributed by atoms with Gasteiger partial charge in [-0.1, -0.05) is 0 Å². The summed E-state index contributed by atoms with van der Waals surface area (Å²) in [4.78, 5) is 40.6. The van der Waals surface area contributed by atoms with E-state index in [0.717, 1.165) is 25.3 Å². The second kappa shape index (κ2) is 8.47. The van der Waals surface area contributed by atoms with Crippen LogP contribution in [-0.4, -0.2) is 67.8 Å². The van der Waals surface area contributed by atoms with E-state index in [-0.39, 0.29) is 34.7 Å². The Kier molecular flexibility index (Phi) is 5.87. The Morgan fingerprint density at radius 3 is 2.41 bits per heavy atom. The fourth-order valence-electron chi connectivity index (χ4n) is 4.62. The monoisotopic (exact) mass is 454 g/mol. The van der Waals surface area contributed by atoms with Crippen molar-refractivity contribution in [2.75, 3.05) is 26.2 Å². The molecule has 2 aliphatic rings. The predicted molar refractivity (Wildman–Crippen MR) is 107 cm³/mol. The maximum Gasteiger partial charge on any atom is 0.432 e. The number of amides is 2. The van der Waals surface area contributed by atoms with Crippen LogP contribution in [0.4, 0.5) is 13.2 Å². The van der Waals surface area contributed by atoms with E-state index >= 15 is 0 Å². The first-order valence-corrected chi connectivity index (χ1v) is 10.7. The van der Waals surface area contributed by atoms with Crippen molar-refractivity contribution in [3.8, 4) is 0 Å². The number of aryl methyl sites for hydroxylation is 1. The summed E-state index contributed by atoms with van der Waals surface area (Å²) in [5, 5.41) is 8.25. The highest BCUT2D eigenvalue weighted by molar-refractivity contribution is 5.93. The van der Waals surface area contributed by atoms with Crippen molar-refractivity contribution in [1.29, 1.82) is 0 Å². The summed E-state index contributed by atoms with van der Waals surface area (Å²) in [6.07, 6.45) is -2.19. The SMILES string of the molecule is CCn1[nH]c(C(=O)N2CCC(C3CCCN(C(=O)c4cc(C(F)(F)F)[nH]n4)C3)C2)cc1=O. The number of rotatable bonds is 4. The van der Waals surface area contributed by atoms with Crippen LogP contribution < -0.4 is 5.56 Å². The van der Waals surface area contributed by atoms with Gasteiger partial charge in [-0.15, -0.1) is 0 Å². The lowest BCUT2D eigenvalue weighted by Gasteiger charge is -2.35. The normalized spacial score (nSPS) is 21.9. The van der Waals surface area contributed by atoms with Crippen LogP contribution in [-0.2, 0) is 12.7 Å². The van der Waals surface area contributed by atoms with Crippen molar-refractivity contribution in [2.45, 2.75) is 38.9 Å². The number of piperidine rings is 1. The minimum atomic E-state index is -4.59.